The van der Waals surface area contributed by atoms with Crippen LogP contribution in [-0.2, 0) is 14.3 Å². The van der Waals surface area contributed by atoms with Crippen molar-refractivity contribution < 1.29 is 19.1 Å². The van der Waals surface area contributed by atoms with Crippen molar-refractivity contribution in [1.82, 2.24) is 0 Å². The summed E-state index contributed by atoms with van der Waals surface area (Å²) in [6.45, 7) is 0.692. The van der Waals surface area contributed by atoms with Gasteiger partial charge < -0.3 is 15.0 Å². The molecule has 0 saturated carbocycles. The van der Waals surface area contributed by atoms with Gasteiger partial charge in [0.25, 0.3) is 5.91 Å². The summed E-state index contributed by atoms with van der Waals surface area (Å²) < 4.78 is 5.49. The van der Waals surface area contributed by atoms with E-state index < -0.39 is 18.1 Å². The summed E-state index contributed by atoms with van der Waals surface area (Å²) in [5, 5.41) is 5.93. The number of benzene rings is 3. The number of amides is 3. The van der Waals surface area contributed by atoms with E-state index in [9.17, 15) is 14.4 Å². The molecule has 1 aliphatic heterocycles. The van der Waals surface area contributed by atoms with Gasteiger partial charge in [0, 0.05) is 40.6 Å². The lowest BCUT2D eigenvalue weighted by molar-refractivity contribution is -0.124. The molecule has 1 unspecified atom stereocenters. The van der Waals surface area contributed by atoms with Gasteiger partial charge >= 0.3 is 6.09 Å². The van der Waals surface area contributed by atoms with E-state index in [1.165, 1.54) is 0 Å². The summed E-state index contributed by atoms with van der Waals surface area (Å²) in [5.41, 5.74) is 2.34. The van der Waals surface area contributed by atoms with E-state index in [-0.39, 0.29) is 5.91 Å². The minimum atomic E-state index is -1.17. The molecule has 0 aromatic heterocycles. The zero-order valence-electron chi connectivity index (χ0n) is 18.4. The Kier molecular flexibility index (Phi) is 7.44. The van der Waals surface area contributed by atoms with Crippen LogP contribution in [0.1, 0.15) is 30.9 Å². The van der Waals surface area contributed by atoms with Crippen LogP contribution < -0.4 is 15.5 Å². The predicted molar refractivity (Wildman–Crippen MR) is 132 cm³/mol. The van der Waals surface area contributed by atoms with Crippen LogP contribution in [0.4, 0.5) is 21.9 Å². The molecule has 1 atom stereocenters. The Balaban J connectivity index is 1.45. The molecular weight excluding hydrogens is 454 g/mol. The number of anilines is 3. The topological polar surface area (TPSA) is 87.7 Å². The van der Waals surface area contributed by atoms with Gasteiger partial charge in [-0.25, -0.2) is 4.79 Å². The van der Waals surface area contributed by atoms with Crippen molar-refractivity contribution in [3.8, 4) is 0 Å². The Hall–Kier alpha value is -3.84. The van der Waals surface area contributed by atoms with Crippen LogP contribution in [0.15, 0.2) is 78.9 Å². The fourth-order valence-electron chi connectivity index (χ4n) is 3.70. The minimum absolute atomic E-state index is 0.104. The first-order chi connectivity index (χ1) is 16.5. The normalized spacial score (nSPS) is 14.3. The second-order valence-corrected chi connectivity index (χ2v) is 8.30. The molecule has 3 aromatic carbocycles. The molecule has 1 heterocycles. The average Bonchev–Trinajstić information content (AvgIpc) is 2.85. The molecule has 34 heavy (non-hydrogen) atoms. The molecule has 0 aliphatic carbocycles. The summed E-state index contributed by atoms with van der Waals surface area (Å²) in [6, 6.07) is 22.4. The lowest BCUT2D eigenvalue weighted by Crippen LogP contribution is -2.35. The zero-order valence-corrected chi connectivity index (χ0v) is 19.1. The SMILES string of the molecule is O=C(Nc1ccc(Cl)cc1)OC(C(=O)Nc1ccc(N2CCCCC2=O)cc1)c1ccccc1. The third-order valence-electron chi connectivity index (χ3n) is 5.43. The molecule has 1 fully saturated rings. The van der Waals surface area contributed by atoms with Crippen molar-refractivity contribution in [2.75, 3.05) is 22.1 Å². The van der Waals surface area contributed by atoms with Crippen molar-refractivity contribution in [3.63, 3.8) is 0 Å². The first-order valence-electron chi connectivity index (χ1n) is 11.0. The van der Waals surface area contributed by atoms with Crippen molar-refractivity contribution in [1.29, 1.82) is 0 Å². The first kappa shape index (κ1) is 23.3. The third-order valence-corrected chi connectivity index (χ3v) is 5.68. The highest BCUT2D eigenvalue weighted by Crippen LogP contribution is 2.25. The van der Waals surface area contributed by atoms with Gasteiger partial charge in [-0.1, -0.05) is 41.9 Å². The number of hydrogen-bond acceptors (Lipinski definition) is 4. The lowest BCUT2D eigenvalue weighted by Gasteiger charge is -2.27. The first-order valence-corrected chi connectivity index (χ1v) is 11.4. The van der Waals surface area contributed by atoms with E-state index in [1.54, 1.807) is 77.7 Å². The van der Waals surface area contributed by atoms with E-state index in [0.717, 1.165) is 18.5 Å². The van der Waals surface area contributed by atoms with Crippen LogP contribution in [0.25, 0.3) is 0 Å². The minimum Gasteiger partial charge on any atom is -0.431 e. The molecule has 7 nitrogen and oxygen atoms in total. The van der Waals surface area contributed by atoms with Crippen LogP contribution in [-0.4, -0.2) is 24.5 Å². The van der Waals surface area contributed by atoms with Gasteiger partial charge in [0.2, 0.25) is 12.0 Å². The number of nitrogens with zero attached hydrogens (tertiary/aromatic N) is 1. The largest absolute Gasteiger partial charge is 0.431 e. The zero-order chi connectivity index (χ0) is 23.9. The predicted octanol–water partition coefficient (Wildman–Crippen LogP) is 5.79. The maximum atomic E-state index is 13.1. The Bertz CT molecular complexity index is 1150. The molecule has 1 aliphatic rings. The van der Waals surface area contributed by atoms with Crippen LogP contribution in [0, 0.1) is 0 Å². The van der Waals surface area contributed by atoms with E-state index >= 15 is 0 Å². The fourth-order valence-corrected chi connectivity index (χ4v) is 3.83. The molecule has 1 saturated heterocycles. The molecule has 2 N–H and O–H groups in total. The van der Waals surface area contributed by atoms with Gasteiger partial charge in [-0.15, -0.1) is 0 Å². The number of nitrogens with one attached hydrogen (secondary N) is 2. The van der Waals surface area contributed by atoms with Gasteiger partial charge in [-0.2, -0.15) is 0 Å². The molecule has 174 valence electrons. The molecule has 3 amide bonds. The Morgan fingerprint density at radius 1 is 0.853 bits per heavy atom. The third kappa shape index (κ3) is 5.94. The smallest absolute Gasteiger partial charge is 0.412 e. The maximum absolute atomic E-state index is 13.1. The number of piperidine rings is 1. The van der Waals surface area contributed by atoms with E-state index in [1.807, 2.05) is 6.07 Å². The molecule has 0 radical (unpaired) electrons. The van der Waals surface area contributed by atoms with Gasteiger partial charge in [0.15, 0.2) is 0 Å². The second kappa shape index (κ2) is 10.9. The summed E-state index contributed by atoms with van der Waals surface area (Å²) in [6.07, 6.45) is 0.489. The average molecular weight is 478 g/mol. The second-order valence-electron chi connectivity index (χ2n) is 7.87. The van der Waals surface area contributed by atoms with Gasteiger partial charge in [-0.05, 0) is 61.4 Å². The number of rotatable bonds is 6. The number of halogens is 1. The van der Waals surface area contributed by atoms with Crippen molar-refractivity contribution in [2.45, 2.75) is 25.4 Å². The highest BCUT2D eigenvalue weighted by atomic mass is 35.5. The van der Waals surface area contributed by atoms with Crippen molar-refractivity contribution in [2.24, 2.45) is 0 Å². The molecule has 0 bridgehead atoms. The monoisotopic (exact) mass is 477 g/mol. The van der Waals surface area contributed by atoms with E-state index in [0.29, 0.717) is 34.9 Å². The number of carbonyl (C=O) groups is 3. The highest BCUT2D eigenvalue weighted by Gasteiger charge is 2.26. The molecule has 0 spiro atoms. The molecular formula is C26H24ClN3O4. The van der Waals surface area contributed by atoms with Crippen LogP contribution in [0.2, 0.25) is 5.02 Å². The Morgan fingerprint density at radius 2 is 1.50 bits per heavy atom. The fraction of sp³-hybridized carbons (Fsp3) is 0.192. The summed E-state index contributed by atoms with van der Waals surface area (Å²) in [5.74, 6) is -0.397. The molecule has 4 rings (SSSR count). The quantitative estimate of drug-likeness (QED) is 0.470. The van der Waals surface area contributed by atoms with Gasteiger partial charge in [0.1, 0.15) is 0 Å². The van der Waals surface area contributed by atoms with E-state index in [4.69, 9.17) is 16.3 Å². The highest BCUT2D eigenvalue weighted by molar-refractivity contribution is 6.30. The van der Waals surface area contributed by atoms with Crippen LogP contribution >= 0.6 is 11.6 Å². The van der Waals surface area contributed by atoms with Gasteiger partial charge in [-0.3, -0.25) is 14.9 Å². The summed E-state index contributed by atoms with van der Waals surface area (Å²) >= 11 is 5.88. The molecule has 3 aromatic rings. The van der Waals surface area contributed by atoms with Crippen molar-refractivity contribution >= 4 is 46.6 Å². The maximum Gasteiger partial charge on any atom is 0.412 e. The number of ether oxygens (including phenoxy) is 1. The van der Waals surface area contributed by atoms with Crippen LogP contribution in [0.3, 0.4) is 0 Å². The lowest BCUT2D eigenvalue weighted by atomic mass is 10.1. The molecule has 8 heteroatoms. The summed E-state index contributed by atoms with van der Waals surface area (Å²) in [7, 11) is 0. The van der Waals surface area contributed by atoms with Crippen LogP contribution in [0.5, 0.6) is 0 Å². The van der Waals surface area contributed by atoms with Gasteiger partial charge in [0.05, 0.1) is 0 Å². The number of hydrogen-bond donors (Lipinski definition) is 2. The van der Waals surface area contributed by atoms with E-state index in [2.05, 4.69) is 10.6 Å². The summed E-state index contributed by atoms with van der Waals surface area (Å²) in [4.78, 5) is 39.5. The number of carbonyl (C=O) groups excluding carboxylic acids is 3. The van der Waals surface area contributed by atoms with Crippen molar-refractivity contribution in [3.05, 3.63) is 89.4 Å². The Labute approximate surface area is 202 Å². The standard InChI is InChI=1S/C26H24ClN3O4/c27-19-9-11-21(12-10-19)29-26(33)34-24(18-6-2-1-3-7-18)25(32)28-20-13-15-22(16-14-20)30-17-5-4-8-23(30)31/h1-3,6-7,9-16,24H,4-5,8,17H2,(H,28,32)(H,29,33). The Morgan fingerprint density at radius 3 is 2.18 bits per heavy atom.